The van der Waals surface area contributed by atoms with Crippen LogP contribution in [0.15, 0.2) is 100 Å². The Morgan fingerprint density at radius 1 is 1.03 bits per heavy atom. The summed E-state index contributed by atoms with van der Waals surface area (Å²) in [6.45, 7) is 4.00. The maximum Gasteiger partial charge on any atom is 0.338 e. The van der Waals surface area contributed by atoms with Gasteiger partial charge in [-0.1, -0.05) is 90.2 Å². The van der Waals surface area contributed by atoms with E-state index in [2.05, 4.69) is 4.98 Å². The maximum atomic E-state index is 14.0. The zero-order valence-electron chi connectivity index (χ0n) is 21.0. The van der Waals surface area contributed by atoms with Crippen molar-refractivity contribution < 1.29 is 9.53 Å². The number of ether oxygens (including phenoxy) is 1. The standard InChI is InChI=1S/C31H25N3O3S/c1-3-37-30(36)26-27(20-12-6-4-7-13-20)33-31-34(28(26)21-14-8-5-9-15-21)29(35)25(38-31)18-23-19(2)32-24-17-11-10-16-22(23)24/h4-18,28,32H,3H2,1-2H3/b25-18-/t28-/m0/s1. The monoisotopic (exact) mass is 519 g/mol. The number of esters is 1. The molecule has 0 unspecified atom stereocenters. The predicted molar refractivity (Wildman–Crippen MR) is 151 cm³/mol. The van der Waals surface area contributed by atoms with E-state index in [-0.39, 0.29) is 12.2 Å². The second-order valence-corrected chi connectivity index (χ2v) is 10.1. The Labute approximate surface area is 222 Å². The van der Waals surface area contributed by atoms with Gasteiger partial charge in [-0.15, -0.1) is 0 Å². The Kier molecular flexibility index (Phi) is 6.13. The number of hydrogen-bond donors (Lipinski definition) is 1. The van der Waals surface area contributed by atoms with E-state index < -0.39 is 12.0 Å². The molecule has 0 aliphatic carbocycles. The van der Waals surface area contributed by atoms with Gasteiger partial charge in [0.2, 0.25) is 0 Å². The fourth-order valence-electron chi connectivity index (χ4n) is 5.01. The number of hydrogen-bond acceptors (Lipinski definition) is 5. The van der Waals surface area contributed by atoms with Crippen LogP contribution in [0, 0.1) is 6.92 Å². The number of aromatic amines is 1. The first-order valence-electron chi connectivity index (χ1n) is 12.5. The quantitative estimate of drug-likeness (QED) is 0.341. The van der Waals surface area contributed by atoms with Crippen molar-refractivity contribution >= 4 is 40.0 Å². The smallest absolute Gasteiger partial charge is 0.338 e. The van der Waals surface area contributed by atoms with Gasteiger partial charge in [-0.25, -0.2) is 9.79 Å². The van der Waals surface area contributed by atoms with Gasteiger partial charge in [0.25, 0.3) is 5.56 Å². The van der Waals surface area contributed by atoms with E-state index in [1.807, 2.05) is 97.9 Å². The van der Waals surface area contributed by atoms with E-state index in [4.69, 9.17) is 9.73 Å². The maximum absolute atomic E-state index is 14.0. The van der Waals surface area contributed by atoms with Gasteiger partial charge in [-0.2, -0.15) is 0 Å². The van der Waals surface area contributed by atoms with Crippen LogP contribution < -0.4 is 14.9 Å². The van der Waals surface area contributed by atoms with Crippen LogP contribution in [0.25, 0.3) is 22.7 Å². The van der Waals surface area contributed by atoms with E-state index in [9.17, 15) is 9.59 Å². The summed E-state index contributed by atoms with van der Waals surface area (Å²) < 4.78 is 7.70. The lowest BCUT2D eigenvalue weighted by atomic mass is 9.93. The predicted octanol–water partition coefficient (Wildman–Crippen LogP) is 4.73. The highest BCUT2D eigenvalue weighted by molar-refractivity contribution is 7.07. The molecular weight excluding hydrogens is 494 g/mol. The van der Waals surface area contributed by atoms with Crippen LogP contribution in [0.2, 0.25) is 0 Å². The van der Waals surface area contributed by atoms with Crippen molar-refractivity contribution in [2.75, 3.05) is 6.61 Å². The highest BCUT2D eigenvalue weighted by Crippen LogP contribution is 2.35. The molecule has 3 heterocycles. The first kappa shape index (κ1) is 23.9. The molecule has 6 nitrogen and oxygen atoms in total. The molecule has 6 rings (SSSR count). The van der Waals surface area contributed by atoms with Crippen LogP contribution in [0.3, 0.4) is 0 Å². The molecule has 2 aromatic heterocycles. The summed E-state index contributed by atoms with van der Waals surface area (Å²) in [4.78, 5) is 36.4. The summed E-state index contributed by atoms with van der Waals surface area (Å²) in [6, 6.07) is 26.5. The molecule has 3 aromatic carbocycles. The van der Waals surface area contributed by atoms with E-state index in [0.29, 0.717) is 20.6 Å². The average molecular weight is 520 g/mol. The largest absolute Gasteiger partial charge is 0.463 e. The number of fused-ring (bicyclic) bond motifs is 2. The molecule has 1 atom stereocenters. The second-order valence-electron chi connectivity index (χ2n) is 9.05. The number of carbonyl (C=O) groups is 1. The third-order valence-electron chi connectivity index (χ3n) is 6.71. The minimum Gasteiger partial charge on any atom is -0.463 e. The number of carbonyl (C=O) groups excluding carboxylic acids is 1. The molecule has 0 saturated heterocycles. The minimum atomic E-state index is -0.673. The Bertz CT molecular complexity index is 1880. The number of nitrogens with zero attached hydrogens (tertiary/aromatic N) is 2. The molecule has 0 radical (unpaired) electrons. The molecule has 1 aliphatic heterocycles. The van der Waals surface area contributed by atoms with Crippen LogP contribution in [0.4, 0.5) is 0 Å². The van der Waals surface area contributed by atoms with Gasteiger partial charge in [-0.05, 0) is 31.6 Å². The van der Waals surface area contributed by atoms with Crippen LogP contribution in [-0.2, 0) is 9.53 Å². The number of nitrogens with one attached hydrogen (secondary N) is 1. The number of benzene rings is 3. The Hall–Kier alpha value is -4.49. The fraction of sp³-hybridized carbons (Fsp3) is 0.129. The molecule has 1 N–H and O–H groups in total. The van der Waals surface area contributed by atoms with E-state index in [1.165, 1.54) is 11.3 Å². The Morgan fingerprint density at radius 2 is 1.71 bits per heavy atom. The number of thiazole rings is 1. The van der Waals surface area contributed by atoms with E-state index >= 15 is 0 Å². The Morgan fingerprint density at radius 3 is 2.45 bits per heavy atom. The van der Waals surface area contributed by atoms with Crippen molar-refractivity contribution in [1.29, 1.82) is 0 Å². The molecule has 0 amide bonds. The summed E-state index contributed by atoms with van der Waals surface area (Å²) in [7, 11) is 0. The molecule has 188 valence electrons. The summed E-state index contributed by atoms with van der Waals surface area (Å²) in [5.74, 6) is -0.481. The molecule has 0 bridgehead atoms. The first-order valence-corrected chi connectivity index (χ1v) is 13.3. The van der Waals surface area contributed by atoms with Crippen LogP contribution in [0.5, 0.6) is 0 Å². The number of rotatable bonds is 5. The molecule has 5 aromatic rings. The van der Waals surface area contributed by atoms with Gasteiger partial charge in [0.1, 0.15) is 0 Å². The number of para-hydroxylation sites is 1. The van der Waals surface area contributed by atoms with Gasteiger partial charge < -0.3 is 9.72 Å². The average Bonchev–Trinajstić information content (AvgIpc) is 3.44. The zero-order chi connectivity index (χ0) is 26.2. The molecule has 0 fully saturated rings. The first-order chi connectivity index (χ1) is 18.6. The Balaban J connectivity index is 1.66. The third-order valence-corrected chi connectivity index (χ3v) is 7.69. The lowest BCUT2D eigenvalue weighted by molar-refractivity contribution is -0.138. The van der Waals surface area contributed by atoms with Gasteiger partial charge >= 0.3 is 5.97 Å². The molecule has 1 aliphatic rings. The zero-order valence-corrected chi connectivity index (χ0v) is 21.8. The second kappa shape index (κ2) is 9.76. The van der Waals surface area contributed by atoms with E-state index in [0.717, 1.165) is 33.3 Å². The van der Waals surface area contributed by atoms with Crippen molar-refractivity contribution in [3.63, 3.8) is 0 Å². The molecule has 0 spiro atoms. The SMILES string of the molecule is CCOC(=O)C1=C(c2ccccc2)N=c2s/c(=C\c3c(C)[nH]c4ccccc34)c(=O)n2[C@H]1c1ccccc1. The minimum absolute atomic E-state index is 0.193. The lowest BCUT2D eigenvalue weighted by Crippen LogP contribution is -2.40. The van der Waals surface area contributed by atoms with Gasteiger partial charge in [0.15, 0.2) is 4.80 Å². The molecule has 7 heteroatoms. The fourth-order valence-corrected chi connectivity index (χ4v) is 5.99. The highest BCUT2D eigenvalue weighted by Gasteiger charge is 2.35. The van der Waals surface area contributed by atoms with Crippen molar-refractivity contribution in [2.45, 2.75) is 19.9 Å². The normalized spacial score (nSPS) is 15.4. The van der Waals surface area contributed by atoms with Crippen molar-refractivity contribution in [3.8, 4) is 0 Å². The van der Waals surface area contributed by atoms with Gasteiger partial charge in [0, 0.05) is 27.7 Å². The highest BCUT2D eigenvalue weighted by atomic mass is 32.1. The van der Waals surface area contributed by atoms with Crippen molar-refractivity contribution in [2.24, 2.45) is 4.99 Å². The van der Waals surface area contributed by atoms with Crippen LogP contribution >= 0.6 is 11.3 Å². The molecule has 38 heavy (non-hydrogen) atoms. The van der Waals surface area contributed by atoms with Gasteiger partial charge in [-0.3, -0.25) is 9.36 Å². The van der Waals surface area contributed by atoms with Crippen LogP contribution in [0.1, 0.15) is 35.3 Å². The summed E-state index contributed by atoms with van der Waals surface area (Å²) in [5.41, 5.74) is 5.25. The number of aromatic nitrogens is 2. The van der Waals surface area contributed by atoms with Crippen molar-refractivity contribution in [3.05, 3.63) is 133 Å². The summed E-state index contributed by atoms with van der Waals surface area (Å²) in [6.07, 6.45) is 1.93. The molecule has 0 saturated carbocycles. The summed E-state index contributed by atoms with van der Waals surface area (Å²) >= 11 is 1.33. The lowest BCUT2D eigenvalue weighted by Gasteiger charge is -2.25. The number of aryl methyl sites for hydroxylation is 1. The topological polar surface area (TPSA) is 76.4 Å². The van der Waals surface area contributed by atoms with E-state index in [1.54, 1.807) is 11.5 Å². The van der Waals surface area contributed by atoms with Crippen LogP contribution in [-0.4, -0.2) is 22.1 Å². The summed E-state index contributed by atoms with van der Waals surface area (Å²) in [5, 5.41) is 1.05. The molecular formula is C31H25N3O3S. The third kappa shape index (κ3) is 4.01. The van der Waals surface area contributed by atoms with Crippen molar-refractivity contribution in [1.82, 2.24) is 9.55 Å². The van der Waals surface area contributed by atoms with Gasteiger partial charge in [0.05, 0.1) is 28.5 Å². The number of H-pyrrole nitrogens is 1.